The van der Waals surface area contributed by atoms with E-state index in [9.17, 15) is 4.79 Å². The van der Waals surface area contributed by atoms with Crippen molar-refractivity contribution in [2.45, 2.75) is 19.4 Å². The van der Waals surface area contributed by atoms with Crippen LogP contribution in [0.5, 0.6) is 0 Å². The van der Waals surface area contributed by atoms with Gasteiger partial charge in [-0.3, -0.25) is 4.79 Å². The molecule has 0 saturated carbocycles. The molecule has 1 aromatic carbocycles. The van der Waals surface area contributed by atoms with E-state index in [2.05, 4.69) is 12.2 Å². The van der Waals surface area contributed by atoms with Gasteiger partial charge in [-0.1, -0.05) is 6.92 Å². The highest BCUT2D eigenvalue weighted by Gasteiger charge is 2.12. The topological polar surface area (TPSA) is 81.1 Å². The van der Waals surface area contributed by atoms with Gasteiger partial charge in [-0.2, -0.15) is 11.8 Å². The Balaban J connectivity index is 2.75. The van der Waals surface area contributed by atoms with Gasteiger partial charge in [0.15, 0.2) is 0 Å². The Morgan fingerprint density at radius 2 is 1.94 bits per heavy atom. The summed E-state index contributed by atoms with van der Waals surface area (Å²) in [6, 6.07) is 5.09. The Kier molecular flexibility index (Phi) is 5.15. The fourth-order valence-electron chi connectivity index (χ4n) is 1.54. The quantitative estimate of drug-likeness (QED) is 0.698. The zero-order chi connectivity index (χ0) is 12.8. The van der Waals surface area contributed by atoms with E-state index in [4.69, 9.17) is 11.5 Å². The second-order valence-corrected chi connectivity index (χ2v) is 4.83. The molecule has 1 unspecified atom stereocenters. The van der Waals surface area contributed by atoms with Crippen LogP contribution in [0.3, 0.4) is 0 Å². The van der Waals surface area contributed by atoms with E-state index in [-0.39, 0.29) is 11.9 Å². The minimum absolute atomic E-state index is 0.120. The molecule has 1 aromatic rings. The Labute approximate surface area is 106 Å². The number of nitrogens with one attached hydrogen (secondary N) is 1. The van der Waals surface area contributed by atoms with Crippen molar-refractivity contribution in [1.82, 2.24) is 5.32 Å². The van der Waals surface area contributed by atoms with Crippen LogP contribution in [0.25, 0.3) is 0 Å². The van der Waals surface area contributed by atoms with Crippen molar-refractivity contribution in [2.75, 3.05) is 23.5 Å². The molecule has 0 bridgehead atoms. The highest BCUT2D eigenvalue weighted by molar-refractivity contribution is 7.98. The lowest BCUT2D eigenvalue weighted by Crippen LogP contribution is -2.36. The van der Waals surface area contributed by atoms with Crippen molar-refractivity contribution in [1.29, 1.82) is 0 Å². The van der Waals surface area contributed by atoms with Gasteiger partial charge in [-0.15, -0.1) is 0 Å². The van der Waals surface area contributed by atoms with Crippen LogP contribution < -0.4 is 16.8 Å². The van der Waals surface area contributed by atoms with Gasteiger partial charge in [0, 0.05) is 28.7 Å². The molecule has 0 heterocycles. The van der Waals surface area contributed by atoms with Crippen LogP contribution in [-0.4, -0.2) is 24.0 Å². The Hall–Kier alpha value is -1.36. The minimum Gasteiger partial charge on any atom is -0.399 e. The number of carbonyl (C=O) groups excluding carboxylic acids is 1. The summed E-state index contributed by atoms with van der Waals surface area (Å²) in [5.74, 6) is 0.782. The van der Waals surface area contributed by atoms with E-state index < -0.39 is 0 Å². The average molecular weight is 253 g/mol. The number of anilines is 2. The first-order chi connectivity index (χ1) is 8.06. The molecular formula is C12H19N3OS. The third-order valence-corrected chi connectivity index (χ3v) is 3.17. The molecule has 1 rings (SSSR count). The van der Waals surface area contributed by atoms with E-state index in [0.717, 1.165) is 12.2 Å². The fourth-order valence-corrected chi connectivity index (χ4v) is 2.26. The van der Waals surface area contributed by atoms with Crippen LogP contribution >= 0.6 is 11.8 Å². The predicted octanol–water partition coefficient (Wildman–Crippen LogP) is 1.72. The number of thioether (sulfide) groups is 1. The molecule has 0 aliphatic rings. The van der Waals surface area contributed by atoms with E-state index in [1.807, 2.05) is 6.26 Å². The third kappa shape index (κ3) is 4.19. The lowest BCUT2D eigenvalue weighted by Gasteiger charge is -2.16. The lowest BCUT2D eigenvalue weighted by atomic mass is 10.1. The van der Waals surface area contributed by atoms with Crippen LogP contribution in [0.15, 0.2) is 18.2 Å². The molecule has 0 saturated heterocycles. The summed E-state index contributed by atoms with van der Waals surface area (Å²) in [7, 11) is 0. The van der Waals surface area contributed by atoms with E-state index in [0.29, 0.717) is 16.9 Å². The summed E-state index contributed by atoms with van der Waals surface area (Å²) in [4.78, 5) is 12.0. The van der Waals surface area contributed by atoms with Crippen molar-refractivity contribution in [3.63, 3.8) is 0 Å². The number of nitrogens with two attached hydrogens (primary N) is 2. The first kappa shape index (κ1) is 13.7. The maximum atomic E-state index is 12.0. The number of amides is 1. The molecule has 5 N–H and O–H groups in total. The molecule has 1 amide bonds. The first-order valence-electron chi connectivity index (χ1n) is 5.52. The summed E-state index contributed by atoms with van der Waals surface area (Å²) < 4.78 is 0. The summed E-state index contributed by atoms with van der Waals surface area (Å²) in [5.41, 5.74) is 12.8. The maximum Gasteiger partial charge on any atom is 0.251 e. The molecule has 17 heavy (non-hydrogen) atoms. The van der Waals surface area contributed by atoms with Crippen LogP contribution in [-0.2, 0) is 0 Å². The van der Waals surface area contributed by atoms with Gasteiger partial charge in [0.25, 0.3) is 5.91 Å². The Morgan fingerprint density at radius 1 is 1.35 bits per heavy atom. The van der Waals surface area contributed by atoms with E-state index >= 15 is 0 Å². The first-order valence-corrected chi connectivity index (χ1v) is 6.92. The molecule has 0 radical (unpaired) electrons. The Bertz CT molecular complexity index is 375. The molecule has 0 aliphatic carbocycles. The number of benzene rings is 1. The highest BCUT2D eigenvalue weighted by atomic mass is 32.2. The molecule has 94 valence electrons. The van der Waals surface area contributed by atoms with Gasteiger partial charge >= 0.3 is 0 Å². The van der Waals surface area contributed by atoms with Gasteiger partial charge in [0.1, 0.15) is 0 Å². The second-order valence-electron chi connectivity index (χ2n) is 3.92. The SMILES string of the molecule is CCC(CSC)NC(=O)c1cc(N)cc(N)c1. The van der Waals surface area contributed by atoms with Gasteiger partial charge in [0.05, 0.1) is 0 Å². The monoisotopic (exact) mass is 253 g/mol. The second kappa shape index (κ2) is 6.39. The summed E-state index contributed by atoms with van der Waals surface area (Å²) in [6.45, 7) is 2.05. The molecule has 0 aromatic heterocycles. The smallest absolute Gasteiger partial charge is 0.251 e. The van der Waals surface area contributed by atoms with Crippen LogP contribution in [0.2, 0.25) is 0 Å². The Morgan fingerprint density at radius 3 is 2.41 bits per heavy atom. The van der Waals surface area contributed by atoms with E-state index in [1.54, 1.807) is 30.0 Å². The third-order valence-electron chi connectivity index (χ3n) is 2.44. The number of carbonyl (C=O) groups is 1. The minimum atomic E-state index is -0.120. The predicted molar refractivity (Wildman–Crippen MR) is 75.2 cm³/mol. The lowest BCUT2D eigenvalue weighted by molar-refractivity contribution is 0.0940. The van der Waals surface area contributed by atoms with Crippen molar-refractivity contribution in [3.8, 4) is 0 Å². The van der Waals surface area contributed by atoms with Crippen molar-refractivity contribution in [2.24, 2.45) is 0 Å². The summed E-state index contributed by atoms with van der Waals surface area (Å²) in [6.07, 6.45) is 2.93. The summed E-state index contributed by atoms with van der Waals surface area (Å²) >= 11 is 1.71. The van der Waals surface area contributed by atoms with Crippen molar-refractivity contribution >= 4 is 29.0 Å². The number of nitrogen functional groups attached to an aromatic ring is 2. The van der Waals surface area contributed by atoms with E-state index in [1.165, 1.54) is 0 Å². The average Bonchev–Trinajstić information content (AvgIpc) is 2.27. The fraction of sp³-hybridized carbons (Fsp3) is 0.417. The number of hydrogen-bond acceptors (Lipinski definition) is 4. The molecular weight excluding hydrogens is 234 g/mol. The molecule has 5 heteroatoms. The van der Waals surface area contributed by atoms with Crippen LogP contribution in [0, 0.1) is 0 Å². The van der Waals surface area contributed by atoms with Gasteiger partial charge in [-0.05, 0) is 30.9 Å². The maximum absolute atomic E-state index is 12.0. The standard InChI is InChI=1S/C12H19N3OS/c1-3-11(7-17-2)15-12(16)8-4-9(13)6-10(14)5-8/h4-6,11H,3,7,13-14H2,1-2H3,(H,15,16). The highest BCUT2D eigenvalue weighted by Crippen LogP contribution is 2.14. The zero-order valence-electron chi connectivity index (χ0n) is 10.2. The van der Waals surface area contributed by atoms with Crippen molar-refractivity contribution in [3.05, 3.63) is 23.8 Å². The number of rotatable bonds is 5. The van der Waals surface area contributed by atoms with Gasteiger partial charge in [0.2, 0.25) is 0 Å². The molecule has 0 spiro atoms. The molecule has 1 atom stereocenters. The zero-order valence-corrected chi connectivity index (χ0v) is 11.0. The van der Waals surface area contributed by atoms with Gasteiger partial charge < -0.3 is 16.8 Å². The van der Waals surface area contributed by atoms with Crippen LogP contribution in [0.4, 0.5) is 11.4 Å². The molecule has 0 fully saturated rings. The largest absolute Gasteiger partial charge is 0.399 e. The van der Waals surface area contributed by atoms with Crippen LogP contribution in [0.1, 0.15) is 23.7 Å². The molecule has 4 nitrogen and oxygen atoms in total. The number of hydrogen-bond donors (Lipinski definition) is 3. The summed E-state index contributed by atoms with van der Waals surface area (Å²) in [5, 5.41) is 2.97. The molecule has 0 aliphatic heterocycles. The van der Waals surface area contributed by atoms with Gasteiger partial charge in [-0.25, -0.2) is 0 Å². The van der Waals surface area contributed by atoms with Crippen molar-refractivity contribution < 1.29 is 4.79 Å². The normalized spacial score (nSPS) is 12.1.